The Hall–Kier alpha value is -2.14. The predicted molar refractivity (Wildman–Crippen MR) is 96.4 cm³/mol. The second-order valence-electron chi connectivity index (χ2n) is 6.16. The summed E-state index contributed by atoms with van der Waals surface area (Å²) in [5.74, 6) is 1.69. The zero-order valence-corrected chi connectivity index (χ0v) is 14.4. The van der Waals surface area contributed by atoms with E-state index < -0.39 is 0 Å². The molecule has 1 saturated heterocycles. The molecule has 24 heavy (non-hydrogen) atoms. The number of unbranched alkanes of at least 4 members (excludes halogenated alkanes) is 1. The van der Waals surface area contributed by atoms with Gasteiger partial charge in [0.05, 0.1) is 0 Å². The lowest BCUT2D eigenvalue weighted by atomic mass is 10.2. The third-order valence-electron chi connectivity index (χ3n) is 4.37. The molecule has 3 heterocycles. The molecule has 1 fully saturated rings. The van der Waals surface area contributed by atoms with E-state index in [0.717, 1.165) is 37.6 Å². The summed E-state index contributed by atoms with van der Waals surface area (Å²) in [5, 5.41) is 0. The third-order valence-corrected chi connectivity index (χ3v) is 4.37. The number of rotatable bonds is 7. The summed E-state index contributed by atoms with van der Waals surface area (Å²) in [5.41, 5.74) is 1.10. The van der Waals surface area contributed by atoms with Gasteiger partial charge in [-0.15, -0.1) is 0 Å². The second kappa shape index (κ2) is 8.64. The van der Waals surface area contributed by atoms with Gasteiger partial charge in [0, 0.05) is 44.6 Å². The molecule has 0 aliphatic carbocycles. The lowest BCUT2D eigenvalue weighted by Crippen LogP contribution is -2.46. The maximum atomic E-state index is 5.82. The van der Waals surface area contributed by atoms with Crippen LogP contribution in [-0.4, -0.2) is 47.6 Å². The lowest BCUT2D eigenvalue weighted by Gasteiger charge is -2.35. The maximum Gasteiger partial charge on any atom is 0.215 e. The molecule has 0 unspecified atom stereocenters. The molecule has 0 radical (unpaired) electrons. The molecule has 0 spiro atoms. The Bertz CT molecular complexity index is 612. The monoisotopic (exact) mass is 326 g/mol. The van der Waals surface area contributed by atoms with Crippen molar-refractivity contribution in [2.45, 2.75) is 26.4 Å². The Morgan fingerprint density at radius 3 is 2.58 bits per heavy atom. The number of anilines is 1. The van der Waals surface area contributed by atoms with Gasteiger partial charge in [0.25, 0.3) is 0 Å². The van der Waals surface area contributed by atoms with Gasteiger partial charge in [-0.25, -0.2) is 0 Å². The number of nitrogens with zero attached hydrogens (tertiary/aromatic N) is 4. The van der Waals surface area contributed by atoms with E-state index >= 15 is 0 Å². The summed E-state index contributed by atoms with van der Waals surface area (Å²) in [6, 6.07) is 9.93. The van der Waals surface area contributed by atoms with Gasteiger partial charge in [0.2, 0.25) is 5.88 Å². The first-order valence-corrected chi connectivity index (χ1v) is 8.81. The smallest absolute Gasteiger partial charge is 0.215 e. The van der Waals surface area contributed by atoms with Crippen LogP contribution in [0.5, 0.6) is 5.88 Å². The van der Waals surface area contributed by atoms with Crippen molar-refractivity contribution in [1.29, 1.82) is 0 Å². The summed E-state index contributed by atoms with van der Waals surface area (Å²) in [6.07, 6.45) is 6.11. The van der Waals surface area contributed by atoms with Crippen molar-refractivity contribution in [2.75, 3.05) is 37.6 Å². The van der Waals surface area contributed by atoms with Crippen molar-refractivity contribution in [3.05, 3.63) is 48.3 Å². The van der Waals surface area contributed by atoms with Crippen LogP contribution in [-0.2, 0) is 6.61 Å². The Morgan fingerprint density at radius 1 is 1.04 bits per heavy atom. The fraction of sp³-hybridized carbons (Fsp3) is 0.474. The van der Waals surface area contributed by atoms with E-state index in [4.69, 9.17) is 4.74 Å². The lowest BCUT2D eigenvalue weighted by molar-refractivity contribution is 0.253. The van der Waals surface area contributed by atoms with E-state index in [9.17, 15) is 0 Å². The molecule has 5 nitrogen and oxygen atoms in total. The molecule has 2 aromatic heterocycles. The quantitative estimate of drug-likeness (QED) is 0.782. The van der Waals surface area contributed by atoms with Gasteiger partial charge >= 0.3 is 0 Å². The van der Waals surface area contributed by atoms with Gasteiger partial charge in [0.15, 0.2) is 0 Å². The first kappa shape index (κ1) is 16.7. The van der Waals surface area contributed by atoms with Crippen LogP contribution in [0.25, 0.3) is 0 Å². The minimum absolute atomic E-state index is 0.518. The third kappa shape index (κ3) is 4.68. The second-order valence-corrected chi connectivity index (χ2v) is 6.16. The highest BCUT2D eigenvalue weighted by Gasteiger charge is 2.17. The van der Waals surface area contributed by atoms with Crippen molar-refractivity contribution in [3.8, 4) is 5.88 Å². The summed E-state index contributed by atoms with van der Waals surface area (Å²) in [7, 11) is 0. The maximum absolute atomic E-state index is 5.82. The summed E-state index contributed by atoms with van der Waals surface area (Å²) in [4.78, 5) is 13.6. The van der Waals surface area contributed by atoms with Crippen molar-refractivity contribution in [2.24, 2.45) is 0 Å². The van der Waals surface area contributed by atoms with E-state index in [1.165, 1.54) is 19.4 Å². The molecule has 1 aliphatic heterocycles. The van der Waals surface area contributed by atoms with Crippen molar-refractivity contribution in [3.63, 3.8) is 0 Å². The Kier molecular flexibility index (Phi) is 6.01. The van der Waals surface area contributed by atoms with Gasteiger partial charge in [-0.1, -0.05) is 19.4 Å². The Morgan fingerprint density at radius 2 is 1.83 bits per heavy atom. The van der Waals surface area contributed by atoms with Gasteiger partial charge in [0.1, 0.15) is 12.4 Å². The first-order chi connectivity index (χ1) is 11.8. The first-order valence-electron chi connectivity index (χ1n) is 8.81. The highest BCUT2D eigenvalue weighted by molar-refractivity contribution is 5.41. The zero-order valence-electron chi connectivity index (χ0n) is 14.4. The normalized spacial score (nSPS) is 15.5. The van der Waals surface area contributed by atoms with E-state index in [1.54, 1.807) is 12.4 Å². The molecule has 128 valence electrons. The van der Waals surface area contributed by atoms with Crippen LogP contribution >= 0.6 is 0 Å². The van der Waals surface area contributed by atoms with E-state index in [0.29, 0.717) is 12.5 Å². The van der Waals surface area contributed by atoms with Crippen LogP contribution < -0.4 is 9.64 Å². The molecule has 0 saturated carbocycles. The molecular formula is C19H26N4O. The number of hydrogen-bond acceptors (Lipinski definition) is 5. The average molecular weight is 326 g/mol. The highest BCUT2D eigenvalue weighted by atomic mass is 16.5. The minimum atomic E-state index is 0.518. The van der Waals surface area contributed by atoms with Crippen molar-refractivity contribution >= 4 is 5.82 Å². The molecule has 0 atom stereocenters. The summed E-state index contributed by atoms with van der Waals surface area (Å²) >= 11 is 0. The molecular weight excluding hydrogens is 300 g/mol. The number of piperazine rings is 1. The topological polar surface area (TPSA) is 41.5 Å². The molecule has 1 aliphatic rings. The van der Waals surface area contributed by atoms with Crippen LogP contribution in [0.4, 0.5) is 5.82 Å². The number of ether oxygens (including phenoxy) is 1. The largest absolute Gasteiger partial charge is 0.473 e. The van der Waals surface area contributed by atoms with Crippen molar-refractivity contribution in [1.82, 2.24) is 14.9 Å². The SMILES string of the molecule is CCCCN1CCN(c2cccc(OCc3ccncc3)n2)CC1. The minimum Gasteiger partial charge on any atom is -0.473 e. The molecule has 0 amide bonds. The Balaban J connectivity index is 1.54. The van der Waals surface area contributed by atoms with Crippen LogP contribution in [0.3, 0.4) is 0 Å². The van der Waals surface area contributed by atoms with Crippen molar-refractivity contribution < 1.29 is 4.74 Å². The van der Waals surface area contributed by atoms with Crippen LogP contribution in [0, 0.1) is 0 Å². The standard InChI is InChI=1S/C19H26N4O/c1-2-3-11-22-12-14-23(15-13-22)18-5-4-6-19(21-18)24-16-17-7-9-20-10-8-17/h4-10H,2-3,11-16H2,1H3. The van der Waals surface area contributed by atoms with E-state index in [-0.39, 0.29) is 0 Å². The van der Waals surface area contributed by atoms with Gasteiger partial charge < -0.3 is 9.64 Å². The summed E-state index contributed by atoms with van der Waals surface area (Å²) < 4.78 is 5.82. The molecule has 2 aromatic rings. The Labute approximate surface area is 144 Å². The number of aromatic nitrogens is 2. The van der Waals surface area contributed by atoms with Crippen LogP contribution in [0.1, 0.15) is 25.3 Å². The van der Waals surface area contributed by atoms with E-state index in [2.05, 4.69) is 32.8 Å². The zero-order chi connectivity index (χ0) is 16.6. The molecule has 0 N–H and O–H groups in total. The summed E-state index contributed by atoms with van der Waals surface area (Å²) in [6.45, 7) is 8.27. The molecule has 0 bridgehead atoms. The van der Waals surface area contributed by atoms with Gasteiger partial charge in [-0.05, 0) is 36.7 Å². The fourth-order valence-corrected chi connectivity index (χ4v) is 2.88. The molecule has 5 heteroatoms. The fourth-order valence-electron chi connectivity index (χ4n) is 2.88. The van der Waals surface area contributed by atoms with E-state index in [1.807, 2.05) is 24.3 Å². The number of hydrogen-bond donors (Lipinski definition) is 0. The van der Waals surface area contributed by atoms with Crippen LogP contribution in [0.15, 0.2) is 42.7 Å². The van der Waals surface area contributed by atoms with Gasteiger partial charge in [-0.2, -0.15) is 4.98 Å². The predicted octanol–water partition coefficient (Wildman–Crippen LogP) is 2.98. The average Bonchev–Trinajstić information content (AvgIpc) is 2.66. The van der Waals surface area contributed by atoms with Crippen LogP contribution in [0.2, 0.25) is 0 Å². The number of pyridine rings is 2. The molecule has 0 aromatic carbocycles. The molecule has 3 rings (SSSR count). The van der Waals surface area contributed by atoms with Gasteiger partial charge in [-0.3, -0.25) is 9.88 Å². The highest BCUT2D eigenvalue weighted by Crippen LogP contribution is 2.18.